The maximum absolute atomic E-state index is 12.4. The van der Waals surface area contributed by atoms with E-state index >= 15 is 0 Å². The normalized spacial score (nSPS) is 10.6. The molecule has 1 aromatic carbocycles. The van der Waals surface area contributed by atoms with Crippen molar-refractivity contribution < 1.29 is 4.79 Å². The molecule has 4 nitrogen and oxygen atoms in total. The number of aryl methyl sites for hydroxylation is 1. The summed E-state index contributed by atoms with van der Waals surface area (Å²) in [4.78, 5) is 21.0. The first-order valence-electron chi connectivity index (χ1n) is 6.43. The highest BCUT2D eigenvalue weighted by Crippen LogP contribution is 2.19. The van der Waals surface area contributed by atoms with Gasteiger partial charge in [-0.25, -0.2) is 4.98 Å². The van der Waals surface area contributed by atoms with E-state index in [4.69, 9.17) is 0 Å². The standard InChI is InChI=1S/C16H12BrN3O/c1-10-13(17)7-8-15(19-10)20-16(21)12-4-2-6-14-11(12)5-3-9-18-14/h2-9H,1H3,(H,19,20,21). The minimum Gasteiger partial charge on any atom is -0.307 e. The van der Waals surface area contributed by atoms with Gasteiger partial charge in [0.1, 0.15) is 5.82 Å². The third kappa shape index (κ3) is 2.78. The van der Waals surface area contributed by atoms with Crippen molar-refractivity contribution in [3.05, 3.63) is 64.4 Å². The van der Waals surface area contributed by atoms with Crippen LogP contribution in [-0.2, 0) is 0 Å². The molecule has 0 saturated heterocycles. The molecule has 1 amide bonds. The number of benzene rings is 1. The Morgan fingerprint density at radius 2 is 2.00 bits per heavy atom. The lowest BCUT2D eigenvalue weighted by molar-refractivity contribution is 0.102. The van der Waals surface area contributed by atoms with Crippen LogP contribution in [0, 0.1) is 6.92 Å². The van der Waals surface area contributed by atoms with E-state index in [0.717, 1.165) is 21.1 Å². The van der Waals surface area contributed by atoms with Gasteiger partial charge in [-0.2, -0.15) is 0 Å². The van der Waals surface area contributed by atoms with Crippen molar-refractivity contribution in [1.82, 2.24) is 9.97 Å². The molecule has 2 heterocycles. The molecule has 3 aromatic rings. The van der Waals surface area contributed by atoms with Crippen molar-refractivity contribution in [3.63, 3.8) is 0 Å². The number of rotatable bonds is 2. The summed E-state index contributed by atoms with van der Waals surface area (Å²) >= 11 is 3.39. The van der Waals surface area contributed by atoms with E-state index in [-0.39, 0.29) is 5.91 Å². The largest absolute Gasteiger partial charge is 0.307 e. The second-order valence-corrected chi connectivity index (χ2v) is 5.45. The van der Waals surface area contributed by atoms with Crippen molar-refractivity contribution in [3.8, 4) is 0 Å². The number of hydrogen-bond acceptors (Lipinski definition) is 3. The lowest BCUT2D eigenvalue weighted by Crippen LogP contribution is -2.13. The van der Waals surface area contributed by atoms with Crippen LogP contribution in [0.4, 0.5) is 5.82 Å². The zero-order chi connectivity index (χ0) is 14.8. The fourth-order valence-corrected chi connectivity index (χ4v) is 2.32. The molecule has 0 saturated carbocycles. The van der Waals surface area contributed by atoms with Gasteiger partial charge in [-0.15, -0.1) is 0 Å². The fraction of sp³-hybridized carbons (Fsp3) is 0.0625. The van der Waals surface area contributed by atoms with Crippen LogP contribution in [0.5, 0.6) is 0 Å². The van der Waals surface area contributed by atoms with E-state index in [9.17, 15) is 4.79 Å². The van der Waals surface area contributed by atoms with Crippen LogP contribution < -0.4 is 5.32 Å². The molecular formula is C16H12BrN3O. The van der Waals surface area contributed by atoms with Crippen LogP contribution >= 0.6 is 15.9 Å². The Morgan fingerprint density at radius 3 is 2.81 bits per heavy atom. The van der Waals surface area contributed by atoms with Gasteiger partial charge < -0.3 is 5.32 Å². The highest BCUT2D eigenvalue weighted by molar-refractivity contribution is 9.10. The number of aromatic nitrogens is 2. The summed E-state index contributed by atoms with van der Waals surface area (Å²) < 4.78 is 0.912. The lowest BCUT2D eigenvalue weighted by Gasteiger charge is -2.08. The van der Waals surface area contributed by atoms with Gasteiger partial charge in [-0.3, -0.25) is 9.78 Å². The summed E-state index contributed by atoms with van der Waals surface area (Å²) in [5.41, 5.74) is 2.21. The Labute approximate surface area is 130 Å². The summed E-state index contributed by atoms with van der Waals surface area (Å²) in [7, 11) is 0. The topological polar surface area (TPSA) is 54.9 Å². The number of halogens is 1. The Bertz CT molecular complexity index is 827. The number of nitrogens with zero attached hydrogens (tertiary/aromatic N) is 2. The molecule has 1 N–H and O–H groups in total. The maximum atomic E-state index is 12.4. The molecule has 2 aromatic heterocycles. The Hall–Kier alpha value is -2.27. The van der Waals surface area contributed by atoms with Crippen molar-refractivity contribution >= 4 is 38.6 Å². The first kappa shape index (κ1) is 13.7. The van der Waals surface area contributed by atoms with Gasteiger partial charge in [-0.1, -0.05) is 12.1 Å². The van der Waals surface area contributed by atoms with Crippen molar-refractivity contribution in [2.45, 2.75) is 6.92 Å². The quantitative estimate of drug-likeness (QED) is 0.767. The Morgan fingerprint density at radius 1 is 1.14 bits per heavy atom. The summed E-state index contributed by atoms with van der Waals surface area (Å²) in [5, 5.41) is 3.65. The van der Waals surface area contributed by atoms with Crippen LogP contribution in [0.3, 0.4) is 0 Å². The average molecular weight is 342 g/mol. The zero-order valence-electron chi connectivity index (χ0n) is 11.3. The smallest absolute Gasteiger partial charge is 0.257 e. The van der Waals surface area contributed by atoms with Gasteiger partial charge in [0, 0.05) is 21.6 Å². The molecule has 0 aliphatic rings. The minimum atomic E-state index is -0.192. The van der Waals surface area contributed by atoms with Crippen LogP contribution in [0.1, 0.15) is 16.1 Å². The lowest BCUT2D eigenvalue weighted by atomic mass is 10.1. The number of fused-ring (bicyclic) bond motifs is 1. The molecule has 0 radical (unpaired) electrons. The van der Waals surface area contributed by atoms with Crippen molar-refractivity contribution in [2.75, 3.05) is 5.32 Å². The number of pyridine rings is 2. The highest BCUT2D eigenvalue weighted by Gasteiger charge is 2.11. The predicted octanol–water partition coefficient (Wildman–Crippen LogP) is 3.95. The third-order valence-electron chi connectivity index (χ3n) is 3.15. The Kier molecular flexibility index (Phi) is 3.66. The Balaban J connectivity index is 1.95. The number of nitrogens with one attached hydrogen (secondary N) is 1. The van der Waals surface area contributed by atoms with E-state index in [0.29, 0.717) is 11.4 Å². The van der Waals surface area contributed by atoms with E-state index in [1.54, 1.807) is 18.3 Å². The first-order chi connectivity index (χ1) is 10.1. The van der Waals surface area contributed by atoms with Gasteiger partial charge in [0.05, 0.1) is 11.2 Å². The number of hydrogen-bond donors (Lipinski definition) is 1. The minimum absolute atomic E-state index is 0.192. The number of anilines is 1. The second kappa shape index (κ2) is 5.61. The molecule has 0 spiro atoms. The molecular weight excluding hydrogens is 330 g/mol. The molecule has 0 unspecified atom stereocenters. The molecule has 0 aliphatic carbocycles. The van der Waals surface area contributed by atoms with Gasteiger partial charge in [-0.05, 0) is 53.2 Å². The predicted molar refractivity (Wildman–Crippen MR) is 86.4 cm³/mol. The zero-order valence-corrected chi connectivity index (χ0v) is 12.9. The molecule has 3 rings (SSSR count). The van der Waals surface area contributed by atoms with Crippen molar-refractivity contribution in [1.29, 1.82) is 0 Å². The van der Waals surface area contributed by atoms with E-state index in [1.165, 1.54) is 0 Å². The maximum Gasteiger partial charge on any atom is 0.257 e. The van der Waals surface area contributed by atoms with Crippen LogP contribution in [-0.4, -0.2) is 15.9 Å². The van der Waals surface area contributed by atoms with E-state index < -0.39 is 0 Å². The fourth-order valence-electron chi connectivity index (χ4n) is 2.10. The van der Waals surface area contributed by atoms with E-state index in [2.05, 4.69) is 31.2 Å². The summed E-state index contributed by atoms with van der Waals surface area (Å²) in [6.07, 6.45) is 1.71. The van der Waals surface area contributed by atoms with Crippen LogP contribution in [0.25, 0.3) is 10.9 Å². The second-order valence-electron chi connectivity index (χ2n) is 4.59. The highest BCUT2D eigenvalue weighted by atomic mass is 79.9. The third-order valence-corrected chi connectivity index (χ3v) is 3.99. The molecule has 0 aliphatic heterocycles. The van der Waals surface area contributed by atoms with Gasteiger partial charge in [0.2, 0.25) is 0 Å². The van der Waals surface area contributed by atoms with Gasteiger partial charge in [0.25, 0.3) is 5.91 Å². The molecule has 0 bridgehead atoms. The molecule has 0 fully saturated rings. The van der Waals surface area contributed by atoms with Gasteiger partial charge >= 0.3 is 0 Å². The number of carbonyl (C=O) groups is 1. The van der Waals surface area contributed by atoms with Crippen LogP contribution in [0.15, 0.2) is 53.1 Å². The monoisotopic (exact) mass is 341 g/mol. The first-order valence-corrected chi connectivity index (χ1v) is 7.23. The average Bonchev–Trinajstić information content (AvgIpc) is 2.50. The van der Waals surface area contributed by atoms with Crippen LogP contribution in [0.2, 0.25) is 0 Å². The van der Waals surface area contributed by atoms with E-state index in [1.807, 2.05) is 37.3 Å². The number of amides is 1. The summed E-state index contributed by atoms with van der Waals surface area (Å²) in [6.45, 7) is 1.88. The van der Waals surface area contributed by atoms with Gasteiger partial charge in [0.15, 0.2) is 0 Å². The summed E-state index contributed by atoms with van der Waals surface area (Å²) in [6, 6.07) is 12.8. The molecule has 21 heavy (non-hydrogen) atoms. The molecule has 0 atom stereocenters. The SMILES string of the molecule is Cc1nc(NC(=O)c2cccc3ncccc23)ccc1Br. The summed E-state index contributed by atoms with van der Waals surface area (Å²) in [5.74, 6) is 0.337. The number of carbonyl (C=O) groups excluding carboxylic acids is 1. The molecule has 5 heteroatoms. The van der Waals surface area contributed by atoms with Crippen molar-refractivity contribution in [2.24, 2.45) is 0 Å². The molecule has 104 valence electrons.